The van der Waals surface area contributed by atoms with Crippen molar-refractivity contribution in [2.75, 3.05) is 165 Å². The third kappa shape index (κ3) is 35.6. The molecule has 0 aromatic heterocycles. The van der Waals surface area contributed by atoms with E-state index in [1.54, 1.807) is 18.6 Å². The number of nitrogens with two attached hydrogens (primary N) is 5. The Bertz CT molecular complexity index is 2900. The molecule has 4 amide bonds. The van der Waals surface area contributed by atoms with Crippen LogP contribution in [0.2, 0.25) is 0 Å². The number of carbonyl (C=O) groups excluding carboxylic acids is 4. The molecule has 0 aromatic rings. The van der Waals surface area contributed by atoms with Crippen molar-refractivity contribution in [1.82, 2.24) is 52.1 Å². The van der Waals surface area contributed by atoms with Crippen LogP contribution in [0.3, 0.4) is 0 Å². The third-order valence-electron chi connectivity index (χ3n) is 18.4. The van der Waals surface area contributed by atoms with Gasteiger partial charge in [0.15, 0.2) is 25.2 Å². The summed E-state index contributed by atoms with van der Waals surface area (Å²) in [6.45, 7) is 11.8. The number of aliphatic hydroxyl groups is 12. The number of hydrazine groups is 2. The summed E-state index contributed by atoms with van der Waals surface area (Å²) in [5.74, 6) is 16.6. The number of carbonyl (C=O) groups is 4. The Morgan fingerprint density at radius 2 is 0.877 bits per heavy atom. The van der Waals surface area contributed by atoms with Gasteiger partial charge in [-0.3, -0.25) is 39.8 Å². The third-order valence-corrected chi connectivity index (χ3v) is 18.4. The molecule has 4 heterocycles. The molecule has 660 valence electrons. The van der Waals surface area contributed by atoms with Crippen molar-refractivity contribution >= 4 is 35.6 Å². The monoisotopic (exact) mass is 1650 g/mol. The molecule has 0 spiro atoms. The summed E-state index contributed by atoms with van der Waals surface area (Å²) >= 11 is 0. The van der Waals surface area contributed by atoms with Gasteiger partial charge in [-0.05, 0) is 24.8 Å². The lowest BCUT2D eigenvalue weighted by Gasteiger charge is -2.42. The quantitative estimate of drug-likeness (QED) is 0.0116. The first-order valence-corrected chi connectivity index (χ1v) is 38.0. The van der Waals surface area contributed by atoms with E-state index in [1.807, 2.05) is 4.90 Å². The molecule has 0 bridgehead atoms. The normalized spacial score (nSPS) is 29.0. The molecule has 29 N–H and O–H groups in total. The summed E-state index contributed by atoms with van der Waals surface area (Å²) in [5, 5.41) is 145. The summed E-state index contributed by atoms with van der Waals surface area (Å²) in [6.07, 6.45) is -12.9. The summed E-state index contributed by atoms with van der Waals surface area (Å²) in [4.78, 5) is 56.2. The second-order valence-corrected chi connectivity index (χ2v) is 28.7. The summed E-state index contributed by atoms with van der Waals surface area (Å²) in [7, 11) is 0. The molecule has 45 nitrogen and oxygen atoms in total. The maximum atomic E-state index is 11.9. The average molecular weight is 1650 g/mol. The van der Waals surface area contributed by atoms with E-state index in [9.17, 15) is 80.5 Å². The van der Waals surface area contributed by atoms with Crippen molar-refractivity contribution in [1.29, 1.82) is 0 Å². The summed E-state index contributed by atoms with van der Waals surface area (Å²) in [6, 6.07) is -4.64. The van der Waals surface area contributed by atoms with E-state index in [2.05, 4.69) is 73.1 Å². The average Bonchev–Trinajstić information content (AvgIpc) is 0.822. The van der Waals surface area contributed by atoms with Crippen LogP contribution in [0.1, 0.15) is 67.7 Å². The van der Waals surface area contributed by atoms with Gasteiger partial charge in [-0.15, -0.1) is 0 Å². The van der Waals surface area contributed by atoms with E-state index in [0.29, 0.717) is 61.7 Å². The van der Waals surface area contributed by atoms with Crippen LogP contribution < -0.4 is 66.3 Å². The van der Waals surface area contributed by atoms with Crippen molar-refractivity contribution in [3.05, 3.63) is 35.7 Å². The van der Waals surface area contributed by atoms with Crippen LogP contribution in [0.5, 0.6) is 0 Å². The number of aliphatic imine (C=N–C) groups is 1. The second-order valence-electron chi connectivity index (χ2n) is 28.7. The first-order valence-electron chi connectivity index (χ1n) is 38.0. The zero-order valence-corrected chi connectivity index (χ0v) is 66.3. The molecule has 4 aliphatic heterocycles. The fourth-order valence-electron chi connectivity index (χ4n) is 12.7. The number of unbranched alkanes of at least 4 members (excludes halogenated alkanes) is 1. The molecule has 4 saturated heterocycles. The molecular weight excluding hydrogens is 1510 g/mol. The number of amides is 4. The van der Waals surface area contributed by atoms with Gasteiger partial charge in [-0.1, -0.05) is 27.2 Å². The lowest BCUT2D eigenvalue weighted by molar-refractivity contribution is -0.272. The molecular formula is C69H131N17O28. The van der Waals surface area contributed by atoms with Gasteiger partial charge in [0.25, 0.3) is 0 Å². The highest BCUT2D eigenvalue weighted by atomic mass is 16.7. The maximum Gasteiger partial charge on any atom is 0.217 e. The smallest absolute Gasteiger partial charge is 0.217 e. The first kappa shape index (κ1) is 100. The number of aliphatic hydroxyl groups excluding tert-OH is 12. The van der Waals surface area contributed by atoms with Crippen molar-refractivity contribution in [3.63, 3.8) is 0 Å². The van der Waals surface area contributed by atoms with E-state index < -0.39 is 173 Å². The minimum atomic E-state index is -1.49. The molecule has 45 heteroatoms. The van der Waals surface area contributed by atoms with Gasteiger partial charge in [-0.25, -0.2) is 5.84 Å². The van der Waals surface area contributed by atoms with Crippen molar-refractivity contribution < 1.29 is 137 Å². The van der Waals surface area contributed by atoms with Crippen LogP contribution in [0.4, 0.5) is 0 Å². The zero-order valence-electron chi connectivity index (χ0n) is 66.3. The van der Waals surface area contributed by atoms with Gasteiger partial charge < -0.3 is 178 Å². The maximum absolute atomic E-state index is 11.9. The number of ether oxygens (including phenoxy) is 12. The standard InChI is InChI=1S/C69H131N17O28/c1-40(91)78-53-61(99)57(95)48(36-87)111-65(53)107-24-20-103-16-11-75-28-44(70)32-85(35-47(83-73)30-77-13-18-105-22-26-109-67-55(80-42(3)93)63(101)59(97)50(38-89)113-67)52(69(5,6)7)10-8-9-14-84(31-45(71)33-86(74)15-19-106-23-27-110-68-56(81-43(4)94)64(102)60(98)51(39-90)114-68)34-46(82-72)29-76-12-17-104-21-25-108-66-54(79-41(2)92)62(100)58(96)49(37-88)112-66/h28-30,33,48-68,75,77,83,87-90,95-102H,8-27,31-32,34-39,70-74H2,1-7H3,(H,78,91)(H,79,92)(H,80,93)(H,81,94)/b44-28-,45-33-,47-30-,76-29?,82-46?. The second kappa shape index (κ2) is 54.1. The van der Waals surface area contributed by atoms with E-state index >= 15 is 0 Å². The number of nitrogens with zero attached hydrogens (tertiary/aromatic N) is 5. The molecule has 4 fully saturated rings. The number of hydrogen-bond acceptors (Lipinski definition) is 41. The molecule has 0 radical (unpaired) electrons. The van der Waals surface area contributed by atoms with E-state index in [1.165, 1.54) is 38.9 Å². The van der Waals surface area contributed by atoms with E-state index in [-0.39, 0.29) is 130 Å². The SMILES string of the molecule is CC(=O)NC1C(OCCOCCN=CC(CN(CCCCC(N(C/C(N)=C/NCCOCCOC2OC(CO)C(O)C(O)C2NC(C)=O)C/C(=C/NCCOCCOC2OC(CO)C(O)C(O)C2NC(C)=O)NN)C(C)(C)C)C/C(N)=C/N(N)CCOCCOC2OC(CO)C(O)C(O)C2NC(C)=O)=NN)OC(CO)C(O)C1O. The Kier molecular flexibility index (Phi) is 47.6. The van der Waals surface area contributed by atoms with Crippen LogP contribution in [0.15, 0.2) is 45.8 Å². The minimum Gasteiger partial charge on any atom is -0.400 e. The molecule has 0 aliphatic carbocycles. The highest BCUT2D eigenvalue weighted by Crippen LogP contribution is 2.31. The Hall–Kier alpha value is -6.08. The Morgan fingerprint density at radius 1 is 0.491 bits per heavy atom. The molecule has 4 rings (SSSR count). The zero-order chi connectivity index (χ0) is 84.5. The van der Waals surface area contributed by atoms with Crippen molar-refractivity contribution in [2.45, 2.75) is 196 Å². The lowest BCUT2D eigenvalue weighted by Crippen LogP contribution is -2.64. The van der Waals surface area contributed by atoms with Gasteiger partial charge in [0, 0.05) is 109 Å². The number of hydrazone groups is 1. The van der Waals surface area contributed by atoms with E-state index in [4.69, 9.17) is 85.8 Å². The Morgan fingerprint density at radius 3 is 1.25 bits per heavy atom. The van der Waals surface area contributed by atoms with Crippen molar-refractivity contribution in [2.24, 2.45) is 44.5 Å². The molecule has 4 aliphatic rings. The summed E-state index contributed by atoms with van der Waals surface area (Å²) < 4.78 is 68.6. The Balaban J connectivity index is 1.47. The van der Waals surface area contributed by atoms with Gasteiger partial charge in [0.1, 0.15) is 97.4 Å². The van der Waals surface area contributed by atoms with Crippen molar-refractivity contribution in [3.8, 4) is 0 Å². The molecule has 0 aromatic carbocycles. The number of rotatable bonds is 55. The van der Waals surface area contributed by atoms with E-state index in [0.717, 1.165) is 0 Å². The van der Waals surface area contributed by atoms with Gasteiger partial charge in [0.2, 0.25) is 23.6 Å². The lowest BCUT2D eigenvalue weighted by atomic mass is 9.82. The molecule has 0 saturated carbocycles. The van der Waals surface area contributed by atoms with Crippen LogP contribution in [0.25, 0.3) is 0 Å². The van der Waals surface area contributed by atoms with Gasteiger partial charge >= 0.3 is 0 Å². The molecule has 21 atom stereocenters. The highest BCUT2D eigenvalue weighted by Gasteiger charge is 2.49. The number of hydrogen-bond donors (Lipinski definition) is 24. The number of nitrogens with one attached hydrogen (secondary N) is 7. The highest BCUT2D eigenvalue weighted by molar-refractivity contribution is 6.31. The predicted octanol–water partition coefficient (Wildman–Crippen LogP) is -11.3. The Labute approximate surface area is 664 Å². The fourth-order valence-corrected chi connectivity index (χ4v) is 12.7. The van der Waals surface area contributed by atoms with Gasteiger partial charge in [0.05, 0.1) is 130 Å². The van der Waals surface area contributed by atoms with Gasteiger partial charge in [-0.2, -0.15) is 5.10 Å². The van der Waals surface area contributed by atoms with Crippen LogP contribution in [0, 0.1) is 5.41 Å². The topological polar surface area (TPSA) is 671 Å². The fraction of sp³-hybridized carbons (Fsp3) is 0.826. The van der Waals surface area contributed by atoms with Crippen LogP contribution in [-0.2, 0) is 76.0 Å². The van der Waals surface area contributed by atoms with Crippen LogP contribution >= 0.6 is 0 Å². The minimum absolute atomic E-state index is 0.0276. The first-order chi connectivity index (χ1) is 54.3. The van der Waals surface area contributed by atoms with Crippen LogP contribution in [-0.4, -0.2) is 405 Å². The molecule has 21 unspecified atom stereocenters. The molecule has 114 heavy (non-hydrogen) atoms. The summed E-state index contributed by atoms with van der Waals surface area (Å²) in [5.41, 5.74) is 17.7. The predicted molar refractivity (Wildman–Crippen MR) is 405 cm³/mol. The largest absolute Gasteiger partial charge is 0.400 e.